The molecule has 3 nitrogen and oxygen atoms in total. The standard InChI is InChI=1S/C12H26O3S.La/c1-2-3-4-5-6-7-8-9-10-11-12-16(13,14)15;/h2-12H2,1H3,(H,13,14,15);. The van der Waals surface area contributed by atoms with Crippen LogP contribution in [0.5, 0.6) is 0 Å². The molecule has 17 heavy (non-hydrogen) atoms. The molecule has 0 unspecified atom stereocenters. The first-order valence-electron chi connectivity index (χ1n) is 6.51. The first kappa shape index (κ1) is 20.4. The molecule has 0 spiro atoms. The van der Waals surface area contributed by atoms with Gasteiger partial charge in [0.15, 0.2) is 0 Å². The van der Waals surface area contributed by atoms with Crippen LogP contribution in [0.15, 0.2) is 0 Å². The van der Waals surface area contributed by atoms with Crippen molar-refractivity contribution in [2.45, 2.75) is 71.1 Å². The molecular formula is C12H26LaO3S. The number of hydrogen-bond donors (Lipinski definition) is 1. The van der Waals surface area contributed by atoms with E-state index >= 15 is 0 Å². The first-order chi connectivity index (χ1) is 7.56. The van der Waals surface area contributed by atoms with Crippen LogP contribution in [-0.2, 0) is 10.1 Å². The summed E-state index contributed by atoms with van der Waals surface area (Å²) in [6, 6.07) is 0. The zero-order valence-corrected chi connectivity index (χ0v) is 15.5. The van der Waals surface area contributed by atoms with Crippen LogP contribution in [0.25, 0.3) is 0 Å². The molecule has 0 bridgehead atoms. The van der Waals surface area contributed by atoms with Gasteiger partial charge >= 0.3 is 0 Å². The van der Waals surface area contributed by atoms with Crippen molar-refractivity contribution >= 4 is 10.1 Å². The first-order valence-corrected chi connectivity index (χ1v) is 8.12. The largest absolute Gasteiger partial charge is 0.286 e. The van der Waals surface area contributed by atoms with E-state index in [1.807, 2.05) is 0 Å². The second-order valence-electron chi connectivity index (χ2n) is 4.47. The van der Waals surface area contributed by atoms with Gasteiger partial charge in [-0.25, -0.2) is 0 Å². The van der Waals surface area contributed by atoms with E-state index < -0.39 is 10.1 Å². The van der Waals surface area contributed by atoms with Crippen molar-refractivity contribution in [3.63, 3.8) is 0 Å². The van der Waals surface area contributed by atoms with E-state index in [2.05, 4.69) is 6.92 Å². The average Bonchev–Trinajstić information content (AvgIpc) is 2.19. The van der Waals surface area contributed by atoms with Gasteiger partial charge in [0.05, 0.1) is 5.75 Å². The molecule has 0 fully saturated rings. The molecule has 0 saturated heterocycles. The topological polar surface area (TPSA) is 54.4 Å². The minimum atomic E-state index is -3.73. The van der Waals surface area contributed by atoms with Crippen LogP contribution in [0.2, 0.25) is 0 Å². The SMILES string of the molecule is CCCCCCCCCCCCS(=O)(=O)O.[La]. The predicted octanol–water partition coefficient (Wildman–Crippen LogP) is 3.80. The molecule has 0 amide bonds. The van der Waals surface area contributed by atoms with Crippen molar-refractivity contribution in [3.05, 3.63) is 0 Å². The number of unbranched alkanes of at least 4 members (excludes halogenated alkanes) is 9. The van der Waals surface area contributed by atoms with Gasteiger partial charge in [-0.3, -0.25) is 4.55 Å². The van der Waals surface area contributed by atoms with E-state index in [4.69, 9.17) is 4.55 Å². The maximum atomic E-state index is 10.4. The third kappa shape index (κ3) is 19.6. The second kappa shape index (κ2) is 13.5. The summed E-state index contributed by atoms with van der Waals surface area (Å²) in [6.45, 7) is 2.22. The van der Waals surface area contributed by atoms with Crippen LogP contribution >= 0.6 is 0 Å². The fourth-order valence-corrected chi connectivity index (χ4v) is 2.34. The molecule has 1 N–H and O–H groups in total. The summed E-state index contributed by atoms with van der Waals surface area (Å²) >= 11 is 0. The van der Waals surface area contributed by atoms with Crippen LogP contribution in [0.1, 0.15) is 71.1 Å². The van der Waals surface area contributed by atoms with Crippen molar-refractivity contribution in [2.24, 2.45) is 0 Å². The summed E-state index contributed by atoms with van der Waals surface area (Å²) in [6.07, 6.45) is 11.7. The average molecular weight is 389 g/mol. The van der Waals surface area contributed by atoms with Crippen molar-refractivity contribution in [3.8, 4) is 0 Å². The fraction of sp³-hybridized carbons (Fsp3) is 1.00. The quantitative estimate of drug-likeness (QED) is 0.432. The minimum Gasteiger partial charge on any atom is -0.286 e. The van der Waals surface area contributed by atoms with Crippen molar-refractivity contribution < 1.29 is 48.6 Å². The van der Waals surface area contributed by atoms with E-state index in [1.165, 1.54) is 44.9 Å². The summed E-state index contributed by atoms with van der Waals surface area (Å²) in [7, 11) is -3.73. The van der Waals surface area contributed by atoms with Crippen LogP contribution in [-0.4, -0.2) is 18.7 Å². The van der Waals surface area contributed by atoms with Gasteiger partial charge in [0, 0.05) is 35.6 Å². The molecule has 0 aliphatic rings. The minimum absolute atomic E-state index is 0. The van der Waals surface area contributed by atoms with Gasteiger partial charge in [-0.05, 0) is 6.42 Å². The van der Waals surface area contributed by atoms with Crippen molar-refractivity contribution in [1.82, 2.24) is 0 Å². The monoisotopic (exact) mass is 389 g/mol. The number of hydrogen-bond acceptors (Lipinski definition) is 2. The Morgan fingerprint density at radius 1 is 0.765 bits per heavy atom. The summed E-state index contributed by atoms with van der Waals surface area (Å²) in [5, 5.41) is 0. The van der Waals surface area contributed by atoms with E-state index in [9.17, 15) is 8.42 Å². The Kier molecular flexibility index (Phi) is 16.3. The summed E-state index contributed by atoms with van der Waals surface area (Å²) < 4.78 is 29.4. The summed E-state index contributed by atoms with van der Waals surface area (Å²) in [4.78, 5) is 0. The van der Waals surface area contributed by atoms with E-state index in [1.54, 1.807) is 0 Å². The predicted molar refractivity (Wildman–Crippen MR) is 68.3 cm³/mol. The molecule has 5 heteroatoms. The Morgan fingerprint density at radius 3 is 1.47 bits per heavy atom. The van der Waals surface area contributed by atoms with Crippen LogP contribution in [0, 0.1) is 35.6 Å². The Labute approximate surface area is 134 Å². The zero-order valence-electron chi connectivity index (χ0n) is 11.0. The normalized spacial score (nSPS) is 11.2. The van der Waals surface area contributed by atoms with Gasteiger partial charge in [-0.15, -0.1) is 0 Å². The Balaban J connectivity index is 0. The summed E-state index contributed by atoms with van der Waals surface area (Å²) in [5.74, 6) is -0.0799. The molecule has 0 aliphatic heterocycles. The van der Waals surface area contributed by atoms with Crippen LogP contribution in [0.4, 0.5) is 0 Å². The molecule has 101 valence electrons. The second-order valence-corrected chi connectivity index (χ2v) is 6.04. The van der Waals surface area contributed by atoms with Gasteiger partial charge in [0.1, 0.15) is 0 Å². The van der Waals surface area contributed by atoms with E-state index in [-0.39, 0.29) is 41.4 Å². The van der Waals surface area contributed by atoms with Crippen LogP contribution in [0.3, 0.4) is 0 Å². The maximum absolute atomic E-state index is 10.4. The molecule has 0 rings (SSSR count). The zero-order chi connectivity index (χ0) is 12.3. The van der Waals surface area contributed by atoms with Gasteiger partial charge in [-0.2, -0.15) is 8.42 Å². The molecule has 0 heterocycles. The van der Waals surface area contributed by atoms with Crippen molar-refractivity contribution in [1.29, 1.82) is 0 Å². The molecule has 0 atom stereocenters. The molecule has 1 radical (unpaired) electrons. The summed E-state index contributed by atoms with van der Waals surface area (Å²) in [5.41, 5.74) is 0. The molecule has 0 aromatic heterocycles. The Morgan fingerprint density at radius 2 is 1.12 bits per heavy atom. The molecular weight excluding hydrogens is 363 g/mol. The van der Waals surface area contributed by atoms with E-state index in [0.29, 0.717) is 6.42 Å². The van der Waals surface area contributed by atoms with Gasteiger partial charge in [-0.1, -0.05) is 64.7 Å². The van der Waals surface area contributed by atoms with Gasteiger partial charge in [0.25, 0.3) is 10.1 Å². The maximum Gasteiger partial charge on any atom is 0.264 e. The Hall–Kier alpha value is 1.10. The van der Waals surface area contributed by atoms with Crippen molar-refractivity contribution in [2.75, 3.05) is 5.75 Å². The fourth-order valence-electron chi connectivity index (χ4n) is 1.77. The molecule has 0 aromatic rings. The molecule has 0 saturated carbocycles. The van der Waals surface area contributed by atoms with Gasteiger partial charge < -0.3 is 0 Å². The number of rotatable bonds is 11. The smallest absolute Gasteiger partial charge is 0.264 e. The third-order valence-corrected chi connectivity index (χ3v) is 3.56. The van der Waals surface area contributed by atoms with Gasteiger partial charge in [0.2, 0.25) is 0 Å². The Bertz CT molecular complexity index is 240. The van der Waals surface area contributed by atoms with Crippen LogP contribution < -0.4 is 0 Å². The third-order valence-electron chi connectivity index (χ3n) is 2.76. The molecule has 0 aromatic carbocycles. The van der Waals surface area contributed by atoms with E-state index in [0.717, 1.165) is 12.8 Å². The molecule has 0 aliphatic carbocycles.